The molecule has 0 aliphatic rings. The Balaban J connectivity index is 1.87. The lowest BCUT2D eigenvalue weighted by molar-refractivity contribution is 0.331. The van der Waals surface area contributed by atoms with Crippen LogP contribution in [0.2, 0.25) is 0 Å². The lowest BCUT2D eigenvalue weighted by Gasteiger charge is -2.27. The fourth-order valence-corrected chi connectivity index (χ4v) is 3.36. The third-order valence-corrected chi connectivity index (χ3v) is 4.85. The fraction of sp³-hybridized carbons (Fsp3) is 0.261. The number of hydrogen-bond donors (Lipinski definition) is 1. The maximum absolute atomic E-state index is 5.76. The molecule has 0 atom stereocenters. The van der Waals surface area contributed by atoms with Crippen molar-refractivity contribution in [1.82, 2.24) is 4.90 Å². The summed E-state index contributed by atoms with van der Waals surface area (Å²) in [5.74, 6) is 2.91. The van der Waals surface area contributed by atoms with Gasteiger partial charge in [-0.15, -0.1) is 0 Å². The largest absolute Gasteiger partial charge is 0.493 e. The summed E-state index contributed by atoms with van der Waals surface area (Å²) in [6, 6.07) is 17.3. The van der Waals surface area contributed by atoms with Gasteiger partial charge in [0.15, 0.2) is 16.6 Å². The van der Waals surface area contributed by atoms with Gasteiger partial charge in [0, 0.05) is 12.1 Å². The molecular formula is C23H26N2O4S. The molecule has 0 spiro atoms. The molecule has 0 bridgehead atoms. The van der Waals surface area contributed by atoms with Crippen LogP contribution in [0.5, 0.6) is 17.2 Å². The Morgan fingerprint density at radius 2 is 1.77 bits per heavy atom. The minimum absolute atomic E-state index is 0.496. The monoisotopic (exact) mass is 426 g/mol. The van der Waals surface area contributed by atoms with Gasteiger partial charge in [0.25, 0.3) is 0 Å². The van der Waals surface area contributed by atoms with E-state index in [1.165, 1.54) is 0 Å². The first kappa shape index (κ1) is 21.5. The molecule has 30 heavy (non-hydrogen) atoms. The molecule has 6 nitrogen and oxygen atoms in total. The standard InChI is InChI=1S/C23H26N2O4S/c1-4-28-20-12-6-5-11-19(20)24-23(30)25(16-18-10-8-14-29-18)15-17-9-7-13-21(26-2)22(17)27-3/h5-14H,4,15-16H2,1-3H3,(H,24,30). The fourth-order valence-electron chi connectivity index (χ4n) is 3.12. The maximum Gasteiger partial charge on any atom is 0.174 e. The van der Waals surface area contributed by atoms with Crippen molar-refractivity contribution in [2.45, 2.75) is 20.0 Å². The number of methoxy groups -OCH3 is 2. The molecule has 0 unspecified atom stereocenters. The highest BCUT2D eigenvalue weighted by Gasteiger charge is 2.18. The van der Waals surface area contributed by atoms with E-state index in [0.717, 1.165) is 22.8 Å². The van der Waals surface area contributed by atoms with Gasteiger partial charge in [0.2, 0.25) is 0 Å². The van der Waals surface area contributed by atoms with Crippen molar-refractivity contribution in [3.8, 4) is 17.2 Å². The first-order valence-corrected chi connectivity index (χ1v) is 10.1. The average molecular weight is 427 g/mol. The van der Waals surface area contributed by atoms with E-state index in [4.69, 9.17) is 30.8 Å². The van der Waals surface area contributed by atoms with Gasteiger partial charge in [-0.2, -0.15) is 0 Å². The number of ether oxygens (including phenoxy) is 3. The molecule has 0 amide bonds. The Hall–Kier alpha value is -3.19. The molecule has 0 saturated heterocycles. The van der Waals surface area contributed by atoms with Gasteiger partial charge >= 0.3 is 0 Å². The molecule has 158 valence electrons. The first-order valence-electron chi connectivity index (χ1n) is 9.66. The van der Waals surface area contributed by atoms with Crippen LogP contribution in [0, 0.1) is 0 Å². The summed E-state index contributed by atoms with van der Waals surface area (Å²) < 4.78 is 22.3. The molecule has 0 aliphatic carbocycles. The van der Waals surface area contributed by atoms with Crippen molar-refractivity contribution in [2.24, 2.45) is 0 Å². The van der Waals surface area contributed by atoms with Gasteiger partial charge in [-0.25, -0.2) is 0 Å². The van der Waals surface area contributed by atoms with E-state index in [0.29, 0.717) is 36.3 Å². The third-order valence-electron chi connectivity index (χ3n) is 4.49. The second-order valence-electron chi connectivity index (χ2n) is 6.45. The summed E-state index contributed by atoms with van der Waals surface area (Å²) in [7, 11) is 3.26. The van der Waals surface area contributed by atoms with Crippen LogP contribution < -0.4 is 19.5 Å². The number of anilines is 1. The lowest BCUT2D eigenvalue weighted by Crippen LogP contribution is -2.34. The summed E-state index contributed by atoms with van der Waals surface area (Å²) in [6.45, 7) is 3.52. The Kier molecular flexibility index (Phi) is 7.57. The smallest absolute Gasteiger partial charge is 0.174 e. The van der Waals surface area contributed by atoms with Crippen molar-refractivity contribution in [3.63, 3.8) is 0 Å². The highest BCUT2D eigenvalue weighted by atomic mass is 32.1. The minimum atomic E-state index is 0.496. The van der Waals surface area contributed by atoms with Crippen LogP contribution in [0.25, 0.3) is 0 Å². The van der Waals surface area contributed by atoms with Gasteiger partial charge in [-0.1, -0.05) is 24.3 Å². The zero-order valence-electron chi connectivity index (χ0n) is 17.4. The number of hydrogen-bond acceptors (Lipinski definition) is 5. The predicted molar refractivity (Wildman–Crippen MR) is 121 cm³/mol. The quantitative estimate of drug-likeness (QED) is 0.478. The second kappa shape index (κ2) is 10.5. The molecule has 1 N–H and O–H groups in total. The number of thiocarbonyl (C=S) groups is 1. The number of furan rings is 1. The first-order chi connectivity index (χ1) is 14.7. The summed E-state index contributed by atoms with van der Waals surface area (Å²) in [4.78, 5) is 2.01. The van der Waals surface area contributed by atoms with Gasteiger partial charge in [-0.05, 0) is 49.5 Å². The van der Waals surface area contributed by atoms with Crippen LogP contribution in [0.1, 0.15) is 18.2 Å². The van der Waals surface area contributed by atoms with Crippen molar-refractivity contribution in [3.05, 3.63) is 72.2 Å². The molecule has 0 radical (unpaired) electrons. The average Bonchev–Trinajstić information content (AvgIpc) is 3.27. The lowest BCUT2D eigenvalue weighted by atomic mass is 10.1. The molecule has 1 aromatic heterocycles. The number of nitrogens with one attached hydrogen (secondary N) is 1. The van der Waals surface area contributed by atoms with Gasteiger partial charge in [0.1, 0.15) is 11.5 Å². The van der Waals surface area contributed by atoms with Crippen molar-refractivity contribution >= 4 is 23.0 Å². The van der Waals surface area contributed by atoms with Crippen LogP contribution in [0.4, 0.5) is 5.69 Å². The van der Waals surface area contributed by atoms with Crippen molar-refractivity contribution in [1.29, 1.82) is 0 Å². The molecule has 0 aliphatic heterocycles. The highest BCUT2D eigenvalue weighted by Crippen LogP contribution is 2.32. The summed E-state index contributed by atoms with van der Waals surface area (Å²) >= 11 is 5.76. The Morgan fingerprint density at radius 3 is 2.47 bits per heavy atom. The molecule has 0 fully saturated rings. The molecular weight excluding hydrogens is 400 g/mol. The second-order valence-corrected chi connectivity index (χ2v) is 6.83. The van der Waals surface area contributed by atoms with Gasteiger partial charge < -0.3 is 28.8 Å². The van der Waals surface area contributed by atoms with Crippen LogP contribution in [0.3, 0.4) is 0 Å². The van der Waals surface area contributed by atoms with Crippen LogP contribution in [-0.4, -0.2) is 30.8 Å². The number of rotatable bonds is 9. The van der Waals surface area contributed by atoms with E-state index in [9.17, 15) is 0 Å². The van der Waals surface area contributed by atoms with Crippen molar-refractivity contribution in [2.75, 3.05) is 26.1 Å². The van der Waals surface area contributed by atoms with E-state index in [2.05, 4.69) is 5.32 Å². The number of para-hydroxylation sites is 3. The summed E-state index contributed by atoms with van der Waals surface area (Å²) in [5.41, 5.74) is 1.76. The molecule has 2 aromatic carbocycles. The molecule has 3 aromatic rings. The Bertz CT molecular complexity index is 960. The van der Waals surface area contributed by atoms with E-state index >= 15 is 0 Å². The predicted octanol–water partition coefficient (Wildman–Crippen LogP) is 5.09. The summed E-state index contributed by atoms with van der Waals surface area (Å²) in [6.07, 6.45) is 1.65. The number of nitrogens with zero attached hydrogens (tertiary/aromatic N) is 1. The van der Waals surface area contributed by atoms with Crippen LogP contribution >= 0.6 is 12.2 Å². The van der Waals surface area contributed by atoms with E-state index in [-0.39, 0.29) is 0 Å². The minimum Gasteiger partial charge on any atom is -0.493 e. The third kappa shape index (κ3) is 5.24. The number of benzene rings is 2. The Labute approximate surface area is 182 Å². The molecule has 7 heteroatoms. The zero-order valence-corrected chi connectivity index (χ0v) is 18.2. The van der Waals surface area contributed by atoms with E-state index in [1.54, 1.807) is 20.5 Å². The molecule has 0 saturated carbocycles. The van der Waals surface area contributed by atoms with Crippen molar-refractivity contribution < 1.29 is 18.6 Å². The van der Waals surface area contributed by atoms with Gasteiger partial charge in [-0.3, -0.25) is 0 Å². The van der Waals surface area contributed by atoms with E-state index < -0.39 is 0 Å². The topological polar surface area (TPSA) is 56.1 Å². The van der Waals surface area contributed by atoms with Crippen LogP contribution in [0.15, 0.2) is 65.3 Å². The van der Waals surface area contributed by atoms with E-state index in [1.807, 2.05) is 66.4 Å². The zero-order chi connectivity index (χ0) is 21.3. The highest BCUT2D eigenvalue weighted by molar-refractivity contribution is 7.80. The van der Waals surface area contributed by atoms with Crippen LogP contribution in [-0.2, 0) is 13.1 Å². The molecule has 3 rings (SSSR count). The van der Waals surface area contributed by atoms with Gasteiger partial charge in [0.05, 0.1) is 39.3 Å². The Morgan fingerprint density at radius 1 is 0.967 bits per heavy atom. The summed E-state index contributed by atoms with van der Waals surface area (Å²) in [5, 5.41) is 3.86. The SMILES string of the molecule is CCOc1ccccc1NC(=S)N(Cc1ccco1)Cc1cccc(OC)c1OC. The maximum atomic E-state index is 5.76. The molecule has 1 heterocycles. The normalized spacial score (nSPS) is 10.4.